The van der Waals surface area contributed by atoms with Crippen LogP contribution in [0.4, 0.5) is 0 Å². The summed E-state index contributed by atoms with van der Waals surface area (Å²) in [5.41, 5.74) is -0.910. The van der Waals surface area contributed by atoms with Gasteiger partial charge in [-0.25, -0.2) is 0 Å². The van der Waals surface area contributed by atoms with Crippen LogP contribution in [0.5, 0.6) is 0 Å². The largest absolute Gasteiger partial charge is 0.465 e. The molecule has 0 atom stereocenters. The molecule has 0 heterocycles. The Hall–Kier alpha value is -0.690. The second-order valence-corrected chi connectivity index (χ2v) is 11.8. The van der Waals surface area contributed by atoms with Gasteiger partial charge in [0, 0.05) is 5.41 Å². The summed E-state index contributed by atoms with van der Waals surface area (Å²) in [6.07, 6.45) is 8.62. The number of hydrogen-bond acceptors (Lipinski definition) is 6. The smallest absolute Gasteiger partial charge is 0.313 e. The van der Waals surface area contributed by atoms with Crippen molar-refractivity contribution >= 4 is 5.97 Å². The first kappa shape index (κ1) is 28.3. The lowest BCUT2D eigenvalue weighted by molar-refractivity contribution is -0.159. The lowest BCUT2D eigenvalue weighted by Gasteiger charge is -2.46. The van der Waals surface area contributed by atoms with Crippen LogP contribution in [-0.2, 0) is 9.53 Å². The second kappa shape index (κ2) is 12.0. The number of carbonyl (C=O) groups is 1. The van der Waals surface area contributed by atoms with Crippen molar-refractivity contribution < 1.29 is 30.0 Å². The van der Waals surface area contributed by atoms with Crippen LogP contribution < -0.4 is 0 Å². The number of esters is 1. The highest BCUT2D eigenvalue weighted by Gasteiger charge is 2.40. The van der Waals surface area contributed by atoms with Crippen LogP contribution in [0.25, 0.3) is 0 Å². The molecule has 0 radical (unpaired) electrons. The average Bonchev–Trinajstić information content (AvgIpc) is 2.73. The SMILES string of the molecule is CC(C)(C1CCC(O)CC1)C1CCC(O)CC1.CC(C)(CO)COC(=O)C(C)(C)CO. The van der Waals surface area contributed by atoms with Gasteiger partial charge in [-0.3, -0.25) is 4.79 Å². The van der Waals surface area contributed by atoms with Crippen LogP contribution in [0.2, 0.25) is 0 Å². The maximum atomic E-state index is 11.4. The minimum Gasteiger partial charge on any atom is -0.465 e. The molecule has 4 N–H and O–H groups in total. The van der Waals surface area contributed by atoms with E-state index in [1.807, 2.05) is 0 Å². The molecule has 184 valence electrons. The van der Waals surface area contributed by atoms with Gasteiger partial charge in [0.25, 0.3) is 0 Å². The van der Waals surface area contributed by atoms with E-state index in [1.165, 1.54) is 25.7 Å². The molecule has 6 heteroatoms. The minimum absolute atomic E-state index is 0.0418. The summed E-state index contributed by atoms with van der Waals surface area (Å²) in [4.78, 5) is 11.4. The fourth-order valence-electron chi connectivity index (χ4n) is 4.54. The summed E-state index contributed by atoms with van der Waals surface area (Å²) < 4.78 is 4.99. The van der Waals surface area contributed by atoms with Gasteiger partial charge in [-0.15, -0.1) is 0 Å². The number of rotatable bonds is 7. The molecular weight excluding hydrogens is 396 g/mol. The summed E-state index contributed by atoms with van der Waals surface area (Å²) >= 11 is 0. The summed E-state index contributed by atoms with van der Waals surface area (Å²) in [5, 5.41) is 37.0. The van der Waals surface area contributed by atoms with E-state index in [0.717, 1.165) is 37.5 Å². The molecule has 0 saturated heterocycles. The molecule has 2 rings (SSSR count). The van der Waals surface area contributed by atoms with Crippen molar-refractivity contribution in [3.63, 3.8) is 0 Å². The van der Waals surface area contributed by atoms with E-state index < -0.39 is 16.8 Å². The molecule has 0 spiro atoms. The third-order valence-corrected chi connectivity index (χ3v) is 7.47. The van der Waals surface area contributed by atoms with Crippen molar-refractivity contribution in [3.05, 3.63) is 0 Å². The van der Waals surface area contributed by atoms with Crippen LogP contribution in [0.3, 0.4) is 0 Å². The number of aliphatic hydroxyl groups is 4. The molecule has 0 unspecified atom stereocenters. The molecule has 2 aliphatic rings. The molecular formula is C25H48O6. The standard InChI is InChI=1S/C15H28O2.C10H20O4/c1-15(2,11-3-7-13(16)8-4-11)12-5-9-14(17)10-6-12;1-9(2,5-11)7-14-8(13)10(3,4)6-12/h11-14,16-17H,3-10H2,1-2H3;11-12H,5-7H2,1-4H3. The van der Waals surface area contributed by atoms with Gasteiger partial charge in [-0.1, -0.05) is 27.7 Å². The zero-order valence-electron chi connectivity index (χ0n) is 20.7. The van der Waals surface area contributed by atoms with Crippen LogP contribution >= 0.6 is 0 Å². The molecule has 2 fully saturated rings. The van der Waals surface area contributed by atoms with E-state index in [-0.39, 0.29) is 32.0 Å². The first-order valence-corrected chi connectivity index (χ1v) is 12.0. The molecule has 0 amide bonds. The van der Waals surface area contributed by atoms with Gasteiger partial charge < -0.3 is 25.2 Å². The lowest BCUT2D eigenvalue weighted by Crippen LogP contribution is -2.38. The Bertz CT molecular complexity index is 502. The van der Waals surface area contributed by atoms with E-state index in [1.54, 1.807) is 27.7 Å². The first-order chi connectivity index (χ1) is 14.2. The van der Waals surface area contributed by atoms with Gasteiger partial charge in [-0.2, -0.15) is 0 Å². The van der Waals surface area contributed by atoms with Crippen LogP contribution in [0.15, 0.2) is 0 Å². The second-order valence-electron chi connectivity index (χ2n) is 11.8. The fourth-order valence-corrected chi connectivity index (χ4v) is 4.54. The van der Waals surface area contributed by atoms with Gasteiger partial charge >= 0.3 is 5.97 Å². The third kappa shape index (κ3) is 8.99. The van der Waals surface area contributed by atoms with Gasteiger partial charge in [0.2, 0.25) is 0 Å². The molecule has 6 nitrogen and oxygen atoms in total. The maximum absolute atomic E-state index is 11.4. The lowest BCUT2D eigenvalue weighted by atomic mass is 9.60. The Labute approximate surface area is 189 Å². The predicted molar refractivity (Wildman–Crippen MR) is 122 cm³/mol. The van der Waals surface area contributed by atoms with Gasteiger partial charge in [0.05, 0.1) is 37.4 Å². The van der Waals surface area contributed by atoms with Crippen molar-refractivity contribution in [2.24, 2.45) is 28.1 Å². The molecule has 0 aromatic heterocycles. The molecule has 0 aliphatic heterocycles. The van der Waals surface area contributed by atoms with E-state index in [9.17, 15) is 15.0 Å². The van der Waals surface area contributed by atoms with E-state index in [2.05, 4.69) is 13.8 Å². The number of hydrogen-bond donors (Lipinski definition) is 4. The number of aliphatic hydroxyl groups excluding tert-OH is 4. The molecule has 0 aromatic rings. The van der Waals surface area contributed by atoms with Crippen LogP contribution in [-0.4, -0.2) is 58.4 Å². The van der Waals surface area contributed by atoms with Crippen molar-refractivity contribution in [3.8, 4) is 0 Å². The fraction of sp³-hybridized carbons (Fsp3) is 0.960. The van der Waals surface area contributed by atoms with Gasteiger partial charge in [-0.05, 0) is 82.5 Å². The Morgan fingerprint density at radius 2 is 1.13 bits per heavy atom. The summed E-state index contributed by atoms with van der Waals surface area (Å²) in [6.45, 7) is 11.5. The van der Waals surface area contributed by atoms with Crippen molar-refractivity contribution in [2.45, 2.75) is 105 Å². The van der Waals surface area contributed by atoms with Crippen LogP contribution in [0.1, 0.15) is 92.9 Å². The van der Waals surface area contributed by atoms with E-state index in [4.69, 9.17) is 14.9 Å². The minimum atomic E-state index is -0.870. The van der Waals surface area contributed by atoms with Gasteiger partial charge in [0.15, 0.2) is 0 Å². The highest BCUT2D eigenvalue weighted by molar-refractivity contribution is 5.76. The molecule has 2 aliphatic carbocycles. The molecule has 31 heavy (non-hydrogen) atoms. The quantitative estimate of drug-likeness (QED) is 0.446. The van der Waals surface area contributed by atoms with Crippen LogP contribution in [0, 0.1) is 28.1 Å². The summed E-state index contributed by atoms with van der Waals surface area (Å²) in [6, 6.07) is 0. The first-order valence-electron chi connectivity index (χ1n) is 12.0. The third-order valence-electron chi connectivity index (χ3n) is 7.47. The number of carbonyl (C=O) groups excluding carboxylic acids is 1. The van der Waals surface area contributed by atoms with Gasteiger partial charge in [0.1, 0.15) is 0 Å². The highest BCUT2D eigenvalue weighted by Crippen LogP contribution is 2.48. The normalized spacial score (nSPS) is 27.8. The predicted octanol–water partition coefficient (Wildman–Crippen LogP) is 3.68. The zero-order chi connectivity index (χ0) is 23.9. The zero-order valence-corrected chi connectivity index (χ0v) is 20.7. The molecule has 0 bridgehead atoms. The van der Waals surface area contributed by atoms with Crippen molar-refractivity contribution in [2.75, 3.05) is 19.8 Å². The summed E-state index contributed by atoms with van der Waals surface area (Å²) in [7, 11) is 0. The average molecular weight is 445 g/mol. The Morgan fingerprint density at radius 3 is 1.45 bits per heavy atom. The molecule has 2 saturated carbocycles. The van der Waals surface area contributed by atoms with E-state index in [0.29, 0.717) is 5.41 Å². The Morgan fingerprint density at radius 1 is 0.742 bits per heavy atom. The summed E-state index contributed by atoms with van der Waals surface area (Å²) in [5.74, 6) is 1.10. The Balaban J connectivity index is 0.000000318. The number of ether oxygens (including phenoxy) is 1. The monoisotopic (exact) mass is 444 g/mol. The van der Waals surface area contributed by atoms with Crippen molar-refractivity contribution in [1.29, 1.82) is 0 Å². The molecule has 0 aromatic carbocycles. The highest BCUT2D eigenvalue weighted by atomic mass is 16.5. The Kier molecular flexibility index (Phi) is 10.9. The maximum Gasteiger partial charge on any atom is 0.313 e. The topological polar surface area (TPSA) is 107 Å². The van der Waals surface area contributed by atoms with E-state index >= 15 is 0 Å². The van der Waals surface area contributed by atoms with Crippen molar-refractivity contribution in [1.82, 2.24) is 0 Å².